The predicted octanol–water partition coefficient (Wildman–Crippen LogP) is 5.24. The summed E-state index contributed by atoms with van der Waals surface area (Å²) in [5, 5.41) is 3.25. The summed E-state index contributed by atoms with van der Waals surface area (Å²) in [7, 11) is 0. The third-order valence-corrected chi connectivity index (χ3v) is 3.50. The summed E-state index contributed by atoms with van der Waals surface area (Å²) in [5.74, 6) is 0. The molecule has 1 rings (SSSR count). The van der Waals surface area contributed by atoms with Crippen LogP contribution in [0.15, 0.2) is 79.1 Å². The van der Waals surface area contributed by atoms with Gasteiger partial charge in [-0.15, -0.1) is 13.2 Å². The lowest BCUT2D eigenvalue weighted by Gasteiger charge is -2.22. The molecule has 0 unspecified atom stereocenters. The average molecular weight is 280 g/mol. The summed E-state index contributed by atoms with van der Waals surface area (Å²) in [6.07, 6.45) is 7.44. The number of nitrogens with one attached hydrogen (secondary N) is 1. The molecule has 0 saturated heterocycles. The van der Waals surface area contributed by atoms with Crippen molar-refractivity contribution >= 4 is 11.4 Å². The molecule has 1 N–H and O–H groups in total. The Bertz CT molecular complexity index is 566. The average Bonchev–Trinajstić information content (AvgIpc) is 2.52. The van der Waals surface area contributed by atoms with Crippen LogP contribution in [0.2, 0.25) is 0 Å². The molecule has 0 aliphatic carbocycles. The molecule has 0 saturated carbocycles. The van der Waals surface area contributed by atoms with E-state index >= 15 is 0 Å². The van der Waals surface area contributed by atoms with Gasteiger partial charge in [-0.05, 0) is 38.5 Å². The van der Waals surface area contributed by atoms with Crippen molar-refractivity contribution < 1.29 is 0 Å². The smallest absolute Gasteiger partial charge is 0.0600 e. The lowest BCUT2D eigenvalue weighted by Crippen LogP contribution is -2.14. The van der Waals surface area contributed by atoms with Crippen molar-refractivity contribution in [3.8, 4) is 0 Å². The van der Waals surface area contributed by atoms with Crippen LogP contribution in [0.5, 0.6) is 0 Å². The molecule has 0 aliphatic rings. The largest absolute Gasteiger partial charge is 0.355 e. The molecule has 0 spiro atoms. The molecule has 0 amide bonds. The number of aliphatic imine (C=N–C) groups is 1. The van der Waals surface area contributed by atoms with Crippen LogP contribution >= 0.6 is 0 Å². The van der Waals surface area contributed by atoms with E-state index in [9.17, 15) is 0 Å². The lowest BCUT2D eigenvalue weighted by molar-refractivity contribution is 0.762. The fourth-order valence-corrected chi connectivity index (χ4v) is 1.76. The molecule has 2 heteroatoms. The number of benzene rings is 1. The van der Waals surface area contributed by atoms with Crippen molar-refractivity contribution in [2.24, 2.45) is 4.99 Å². The fourth-order valence-electron chi connectivity index (χ4n) is 1.76. The molecule has 1 aromatic carbocycles. The van der Waals surface area contributed by atoms with Gasteiger partial charge < -0.3 is 5.32 Å². The summed E-state index contributed by atoms with van der Waals surface area (Å²) in [5.41, 5.74) is 3.58. The quantitative estimate of drug-likeness (QED) is 0.536. The van der Waals surface area contributed by atoms with E-state index < -0.39 is 0 Å². The molecule has 0 aromatic heterocycles. The molecular formula is C19H24N2. The minimum atomic E-state index is -0.209. The Labute approximate surface area is 128 Å². The van der Waals surface area contributed by atoms with E-state index in [0.29, 0.717) is 0 Å². The van der Waals surface area contributed by atoms with E-state index in [-0.39, 0.29) is 5.41 Å². The number of hydrogen-bond donors (Lipinski definition) is 1. The van der Waals surface area contributed by atoms with Crippen LogP contribution in [-0.4, -0.2) is 5.71 Å². The zero-order valence-corrected chi connectivity index (χ0v) is 13.2. The van der Waals surface area contributed by atoms with Crippen LogP contribution in [-0.2, 0) is 5.41 Å². The Morgan fingerprint density at radius 3 is 2.24 bits per heavy atom. The number of allylic oxidation sites excluding steroid dienone is 4. The standard InChI is InChI=1S/C19H24N2/c1-7-14-20-15(4)16(5)21-18-12-10-17(11-13-18)19(6,8-2)9-3/h7-14,21H,2-3,5H2,1,4,6H3/b14-7-,20-15?. The number of rotatable bonds is 7. The molecule has 110 valence electrons. The molecule has 0 fully saturated rings. The van der Waals surface area contributed by atoms with Gasteiger partial charge in [0.15, 0.2) is 0 Å². The van der Waals surface area contributed by atoms with Gasteiger partial charge in [-0.1, -0.05) is 36.9 Å². The van der Waals surface area contributed by atoms with Gasteiger partial charge in [0.1, 0.15) is 0 Å². The van der Waals surface area contributed by atoms with Gasteiger partial charge in [0, 0.05) is 17.3 Å². The molecular weight excluding hydrogens is 256 g/mol. The molecule has 1 aromatic rings. The van der Waals surface area contributed by atoms with E-state index in [2.05, 4.69) is 49.1 Å². The normalized spacial score (nSPS) is 12.2. The summed E-state index contributed by atoms with van der Waals surface area (Å²) >= 11 is 0. The Hall–Kier alpha value is -2.35. The Morgan fingerprint density at radius 2 is 1.76 bits per heavy atom. The molecule has 2 nitrogen and oxygen atoms in total. The summed E-state index contributed by atoms with van der Waals surface area (Å²) < 4.78 is 0. The highest BCUT2D eigenvalue weighted by Gasteiger charge is 2.17. The first-order valence-electron chi connectivity index (χ1n) is 6.96. The van der Waals surface area contributed by atoms with Crippen LogP contribution < -0.4 is 5.32 Å². The molecule has 0 heterocycles. The monoisotopic (exact) mass is 280 g/mol. The van der Waals surface area contributed by atoms with Crippen LogP contribution in [0, 0.1) is 0 Å². The maximum atomic E-state index is 4.27. The SMILES string of the molecule is C=CC(C)(C=C)c1ccc(NC(=C)C(C)=N/C=C\C)cc1. The highest BCUT2D eigenvalue weighted by Crippen LogP contribution is 2.27. The van der Waals surface area contributed by atoms with E-state index in [4.69, 9.17) is 0 Å². The van der Waals surface area contributed by atoms with Crippen LogP contribution in [0.25, 0.3) is 0 Å². The fraction of sp³-hybridized carbons (Fsp3) is 0.211. The summed E-state index contributed by atoms with van der Waals surface area (Å²) in [6, 6.07) is 8.18. The predicted molar refractivity (Wildman–Crippen MR) is 94.9 cm³/mol. The Morgan fingerprint density at radius 1 is 1.19 bits per heavy atom. The molecule has 0 atom stereocenters. The minimum Gasteiger partial charge on any atom is -0.355 e. The van der Waals surface area contributed by atoms with Crippen molar-refractivity contribution in [3.05, 3.63) is 79.7 Å². The second kappa shape index (κ2) is 7.44. The number of hydrogen-bond acceptors (Lipinski definition) is 2. The van der Waals surface area contributed by atoms with Gasteiger partial charge in [-0.3, -0.25) is 4.99 Å². The van der Waals surface area contributed by atoms with Gasteiger partial charge >= 0.3 is 0 Å². The van der Waals surface area contributed by atoms with Gasteiger partial charge in [0.25, 0.3) is 0 Å². The van der Waals surface area contributed by atoms with Crippen molar-refractivity contribution in [1.82, 2.24) is 0 Å². The Balaban J connectivity index is 2.87. The maximum Gasteiger partial charge on any atom is 0.0600 e. The zero-order valence-electron chi connectivity index (χ0n) is 13.2. The molecule has 0 bridgehead atoms. The van der Waals surface area contributed by atoms with Crippen molar-refractivity contribution in [2.75, 3.05) is 5.32 Å². The Kier molecular flexibility index (Phi) is 5.92. The van der Waals surface area contributed by atoms with Crippen LogP contribution in [0.3, 0.4) is 0 Å². The van der Waals surface area contributed by atoms with Gasteiger partial charge in [-0.25, -0.2) is 0 Å². The van der Waals surface area contributed by atoms with E-state index in [1.54, 1.807) is 6.20 Å². The van der Waals surface area contributed by atoms with Crippen molar-refractivity contribution in [1.29, 1.82) is 0 Å². The van der Waals surface area contributed by atoms with E-state index in [0.717, 1.165) is 22.7 Å². The summed E-state index contributed by atoms with van der Waals surface area (Å²) in [4.78, 5) is 4.27. The third kappa shape index (κ3) is 4.32. The van der Waals surface area contributed by atoms with E-state index in [1.165, 1.54) is 0 Å². The lowest BCUT2D eigenvalue weighted by atomic mass is 9.83. The first kappa shape index (κ1) is 16.7. The van der Waals surface area contributed by atoms with Crippen LogP contribution in [0.1, 0.15) is 26.3 Å². The highest BCUT2D eigenvalue weighted by atomic mass is 14.9. The van der Waals surface area contributed by atoms with Crippen LogP contribution in [0.4, 0.5) is 5.69 Å². The second-order valence-electron chi connectivity index (χ2n) is 5.07. The number of anilines is 1. The van der Waals surface area contributed by atoms with Gasteiger partial charge in [0.05, 0.1) is 11.4 Å². The van der Waals surface area contributed by atoms with E-state index in [1.807, 2.05) is 44.2 Å². The van der Waals surface area contributed by atoms with Gasteiger partial charge in [-0.2, -0.15) is 0 Å². The molecule has 0 aliphatic heterocycles. The minimum absolute atomic E-state index is 0.209. The third-order valence-electron chi connectivity index (χ3n) is 3.50. The van der Waals surface area contributed by atoms with Crippen molar-refractivity contribution in [3.63, 3.8) is 0 Å². The summed E-state index contributed by atoms with van der Waals surface area (Å²) in [6.45, 7) is 17.7. The highest BCUT2D eigenvalue weighted by molar-refractivity contribution is 6.00. The topological polar surface area (TPSA) is 24.4 Å². The second-order valence-corrected chi connectivity index (χ2v) is 5.07. The first-order valence-corrected chi connectivity index (χ1v) is 6.96. The zero-order chi connectivity index (χ0) is 15.9. The van der Waals surface area contributed by atoms with Gasteiger partial charge in [0.2, 0.25) is 0 Å². The van der Waals surface area contributed by atoms with Crippen molar-refractivity contribution in [2.45, 2.75) is 26.2 Å². The maximum absolute atomic E-state index is 4.27. The first-order chi connectivity index (χ1) is 9.96. The molecule has 0 radical (unpaired) electrons. The molecule has 21 heavy (non-hydrogen) atoms. The number of nitrogens with zero attached hydrogens (tertiary/aromatic N) is 1.